The van der Waals surface area contributed by atoms with Crippen molar-refractivity contribution in [2.45, 2.75) is 194 Å². The van der Waals surface area contributed by atoms with E-state index in [9.17, 15) is 80.5 Å². The number of nitrogens with one attached hydrogen (secondary N) is 7. The summed E-state index contributed by atoms with van der Waals surface area (Å²) in [5.74, 6) is -16.6. The number of amides is 7. The second-order valence-electron chi connectivity index (χ2n) is 28.5. The van der Waals surface area contributed by atoms with Crippen molar-refractivity contribution in [2.75, 3.05) is 13.7 Å². The van der Waals surface area contributed by atoms with Gasteiger partial charge in [0.25, 0.3) is 0 Å². The lowest BCUT2D eigenvalue weighted by atomic mass is 9.86. The van der Waals surface area contributed by atoms with Gasteiger partial charge in [0.2, 0.25) is 53.4 Å². The molecular formula is C72H85Cl2N9O28. The second kappa shape index (κ2) is 33.5. The summed E-state index contributed by atoms with van der Waals surface area (Å²) < 4.78 is 50.7. The zero-order valence-electron chi connectivity index (χ0n) is 59.9. The molecule has 111 heavy (non-hydrogen) atoms. The van der Waals surface area contributed by atoms with Gasteiger partial charge in [-0.25, -0.2) is 4.79 Å². The number of carboxylic acids is 1. The van der Waals surface area contributed by atoms with Crippen LogP contribution in [0.25, 0.3) is 11.1 Å². The number of hydrogen-bond acceptors (Lipinski definition) is 29. The fraction of sp³-hybridized carbons (Fsp3) is 0.472. The number of aliphatic hydroxyl groups excluding tert-OH is 8. The normalized spacial score (nSPS) is 32.1. The molecule has 0 unspecified atom stereocenters. The van der Waals surface area contributed by atoms with Crippen molar-refractivity contribution in [2.24, 2.45) is 17.4 Å². The summed E-state index contributed by atoms with van der Waals surface area (Å²) >= 11 is 14.4. The molecule has 23 atom stereocenters. The SMILES string of the molecule is CN[C@H](CC(C)C)C(=O)N[C@H]1C(=O)N[C@@H](CC(N)=O)C(=O)N[C@H]2C(=O)N[C@H]3C(=O)N[C@H](C(=O)N[C@H](C(=O)O)c4cc(O)cc(O)c4-c4cc3ccc4O)[C@H](O[C@H]3C[C@](C)(N)[C@@H](O)[C@H](C)O3)c3ccc(c(Cl)c3)Oc3cc2cc(c3O[C@@H]2O[C@H](CO)[C@@H](O)[C@H](O)[C@H]2O[C@H]2O[C@H](C)[C@H](O)[C@H](O)[C@@H]2O)Oc2ccc(cc2Cl)[C@H]1O. The van der Waals surface area contributed by atoms with Gasteiger partial charge in [0.15, 0.2) is 36.2 Å². The van der Waals surface area contributed by atoms with Gasteiger partial charge in [-0.3, -0.25) is 33.6 Å². The molecule has 7 amide bonds. The fourth-order valence-electron chi connectivity index (χ4n) is 13.9. The molecule has 5 aromatic carbocycles. The minimum Gasteiger partial charge on any atom is -0.508 e. The van der Waals surface area contributed by atoms with Crippen LogP contribution < -0.4 is 62.9 Å². The van der Waals surface area contributed by atoms with Crippen LogP contribution in [0.1, 0.15) is 112 Å². The number of halogens is 2. The van der Waals surface area contributed by atoms with Crippen LogP contribution in [0.4, 0.5) is 0 Å². The molecule has 0 aliphatic carbocycles. The van der Waals surface area contributed by atoms with Crippen molar-refractivity contribution in [3.63, 3.8) is 0 Å². The first-order valence-electron chi connectivity index (χ1n) is 35.0. The highest BCUT2D eigenvalue weighted by Gasteiger charge is 2.53. The maximum atomic E-state index is 16.3. The molecule has 8 aliphatic rings. The van der Waals surface area contributed by atoms with Crippen LogP contribution in [0.2, 0.25) is 10.0 Å². The van der Waals surface area contributed by atoms with Crippen LogP contribution in [0.3, 0.4) is 0 Å². The number of aromatic hydroxyl groups is 3. The van der Waals surface area contributed by atoms with Crippen molar-refractivity contribution >= 4 is 70.5 Å². The molecule has 0 radical (unpaired) electrons. The molecule has 600 valence electrons. The summed E-state index contributed by atoms with van der Waals surface area (Å²) in [6.45, 7) is 6.76. The summed E-state index contributed by atoms with van der Waals surface area (Å²) in [6, 6.07) is -1.02. The lowest BCUT2D eigenvalue weighted by molar-refractivity contribution is -0.354. The van der Waals surface area contributed by atoms with Gasteiger partial charge < -0.3 is 148 Å². The van der Waals surface area contributed by atoms with Gasteiger partial charge in [-0.15, -0.1) is 0 Å². The van der Waals surface area contributed by atoms with Crippen LogP contribution in [-0.2, 0) is 62.0 Å². The van der Waals surface area contributed by atoms with E-state index in [4.69, 9.17) is 72.6 Å². The van der Waals surface area contributed by atoms with E-state index in [0.717, 1.165) is 66.7 Å². The molecule has 8 heterocycles. The zero-order chi connectivity index (χ0) is 80.8. The first-order valence-corrected chi connectivity index (χ1v) is 35.7. The zero-order valence-corrected chi connectivity index (χ0v) is 61.4. The van der Waals surface area contributed by atoms with Crippen molar-refractivity contribution in [1.82, 2.24) is 37.2 Å². The number of carbonyl (C=O) groups is 8. The molecule has 5 aromatic rings. The van der Waals surface area contributed by atoms with Gasteiger partial charge in [0.05, 0.1) is 47.4 Å². The highest BCUT2D eigenvalue weighted by atomic mass is 35.5. The average molecular weight is 1600 g/mol. The standard InChI is InChI=1S/C72H85Cl2N9O28/c1-24(2)13-36(77-6)63(96)82-51-54(90)28-8-11-40(34(73)15-28)106-42-17-30-18-43(60(42)110-71-61(57(93)55(91)44(23-84)108-71)111-70-58(94)56(92)53(89)25(3)105-70)107-41-12-9-29(16-35(41)74)59(109-46-22-72(5,76)62(95)26(4)104-46)52-68(101)81-50(69(102)103)33-19-31(85)20-39(87)47(33)32-14-27(7-10-38(32)86)48(65(98)83-52)80-66(99)49(30)79-64(97)37(21-45(75)88)78-67(51)100/h7-12,14-20,24-26,36-37,44,46,48-59,61-62,70-71,77,84-87,89-95H,13,21-23,76H2,1-6H3,(H2,75,88)(H,78,100)(H,79,97)(H,80,99)(H,81,101)(H,82,96)(H,83,98)(H,102,103)/t25-,26+,36-,37+,44-,46+,48-,49-,50+,51-,52+,53+,54-,55-,56+,57+,58+,59-,61-,62+,70-,71+,72+/m1/s1. The lowest BCUT2D eigenvalue weighted by Crippen LogP contribution is -2.64. The number of carbonyl (C=O) groups excluding carboxylic acids is 7. The molecular weight excluding hydrogens is 1510 g/mol. The van der Waals surface area contributed by atoms with Gasteiger partial charge in [-0.05, 0) is 117 Å². The van der Waals surface area contributed by atoms with Crippen molar-refractivity contribution in [1.29, 1.82) is 0 Å². The number of benzene rings is 5. The smallest absolute Gasteiger partial charge is 0.330 e. The molecule has 13 rings (SSSR count). The number of likely N-dealkylation sites (N-methyl/N-ethyl adjacent to an activating group) is 1. The predicted molar refractivity (Wildman–Crippen MR) is 381 cm³/mol. The number of carboxylic acid groups (broad SMARTS) is 1. The molecule has 11 bridgehead atoms. The minimum absolute atomic E-state index is 0.123. The summed E-state index contributed by atoms with van der Waals surface area (Å²) in [7, 11) is 1.46. The Labute approximate surface area is 641 Å². The number of fused-ring (bicyclic) bond motifs is 15. The molecule has 37 nitrogen and oxygen atoms in total. The highest BCUT2D eigenvalue weighted by Crippen LogP contribution is 2.50. The number of phenolic OH excluding ortho intramolecular Hbond substituents is 3. The Hall–Kier alpha value is -9.36. The van der Waals surface area contributed by atoms with Gasteiger partial charge in [-0.1, -0.05) is 55.2 Å². The second-order valence-corrected chi connectivity index (χ2v) is 29.3. The van der Waals surface area contributed by atoms with Gasteiger partial charge >= 0.3 is 5.97 Å². The van der Waals surface area contributed by atoms with E-state index >= 15 is 19.2 Å². The topological polar surface area (TPSA) is 589 Å². The Morgan fingerprint density at radius 1 is 0.658 bits per heavy atom. The van der Waals surface area contributed by atoms with Gasteiger partial charge in [0, 0.05) is 34.7 Å². The maximum absolute atomic E-state index is 16.3. The Kier molecular flexibility index (Phi) is 24.9. The molecule has 3 saturated heterocycles. The minimum atomic E-state index is -2.42. The van der Waals surface area contributed by atoms with E-state index in [1.165, 1.54) is 40.0 Å². The third kappa shape index (κ3) is 17.5. The maximum Gasteiger partial charge on any atom is 0.330 e. The first kappa shape index (κ1) is 82.6. The largest absolute Gasteiger partial charge is 0.508 e. The number of hydrogen-bond donors (Lipinski definition) is 21. The number of aliphatic carboxylic acids is 1. The van der Waals surface area contributed by atoms with E-state index in [-0.39, 0.29) is 35.4 Å². The summed E-state index contributed by atoms with van der Waals surface area (Å²) in [5, 5.41) is 153. The number of nitrogens with two attached hydrogens (primary N) is 2. The van der Waals surface area contributed by atoms with Crippen LogP contribution in [0, 0.1) is 5.92 Å². The number of phenols is 3. The number of aliphatic hydroxyl groups is 8. The third-order valence-electron chi connectivity index (χ3n) is 19.8. The molecule has 8 aliphatic heterocycles. The van der Waals surface area contributed by atoms with E-state index in [2.05, 4.69) is 37.2 Å². The molecule has 3 fully saturated rings. The van der Waals surface area contributed by atoms with Crippen molar-refractivity contribution < 1.29 is 138 Å². The van der Waals surface area contributed by atoms with Gasteiger partial charge in [-0.2, -0.15) is 0 Å². The Bertz CT molecular complexity index is 4410. The van der Waals surface area contributed by atoms with Crippen molar-refractivity contribution in [3.05, 3.63) is 117 Å². The molecule has 0 spiro atoms. The van der Waals surface area contributed by atoms with Crippen molar-refractivity contribution in [3.8, 4) is 57.1 Å². The Morgan fingerprint density at radius 2 is 1.28 bits per heavy atom. The molecule has 23 N–H and O–H groups in total. The highest BCUT2D eigenvalue weighted by molar-refractivity contribution is 6.32. The Morgan fingerprint density at radius 3 is 1.89 bits per heavy atom. The fourth-order valence-corrected chi connectivity index (χ4v) is 14.4. The van der Waals surface area contributed by atoms with Crippen LogP contribution in [0.15, 0.2) is 78.9 Å². The first-order chi connectivity index (χ1) is 52.4. The van der Waals surface area contributed by atoms with Crippen LogP contribution >= 0.6 is 23.2 Å². The molecule has 0 aromatic heterocycles. The summed E-state index contributed by atoms with van der Waals surface area (Å²) in [4.78, 5) is 120. The van der Waals surface area contributed by atoms with Gasteiger partial charge in [0.1, 0.15) is 108 Å². The quantitative estimate of drug-likeness (QED) is 0.0595. The van der Waals surface area contributed by atoms with Crippen LogP contribution in [0.5, 0.6) is 46.0 Å². The average Bonchev–Trinajstić information content (AvgIpc) is 0.784. The third-order valence-corrected chi connectivity index (χ3v) is 20.4. The predicted octanol–water partition coefficient (Wildman–Crippen LogP) is -1.04. The molecule has 0 saturated carbocycles. The van der Waals surface area contributed by atoms with E-state index in [1.54, 1.807) is 13.8 Å². The van der Waals surface area contributed by atoms with E-state index < -0.39 is 279 Å². The van der Waals surface area contributed by atoms with E-state index in [0.29, 0.717) is 0 Å². The number of primary amides is 1. The summed E-state index contributed by atoms with van der Waals surface area (Å²) in [6.07, 6.45) is -28.8. The van der Waals surface area contributed by atoms with E-state index in [1.807, 2.05) is 0 Å². The Balaban J connectivity index is 1.19. The summed E-state index contributed by atoms with van der Waals surface area (Å²) in [5.41, 5.74) is 7.95. The van der Waals surface area contributed by atoms with Crippen LogP contribution in [-0.4, -0.2) is 232 Å². The molecule has 39 heteroatoms. The number of rotatable bonds is 15. The number of ether oxygens (including phenoxy) is 8. The monoisotopic (exact) mass is 1590 g/mol. The lowest BCUT2D eigenvalue weighted by Gasteiger charge is -2.45.